The van der Waals surface area contributed by atoms with Crippen molar-refractivity contribution in [2.75, 3.05) is 31.1 Å². The molecule has 2 aromatic heterocycles. The number of aromatic nitrogens is 4. The van der Waals surface area contributed by atoms with Gasteiger partial charge in [-0.05, 0) is 30.3 Å². The smallest absolute Gasteiger partial charge is 0.254 e. The summed E-state index contributed by atoms with van der Waals surface area (Å²) < 4.78 is 15.4. The van der Waals surface area contributed by atoms with Crippen molar-refractivity contribution in [1.29, 1.82) is 0 Å². The highest BCUT2D eigenvalue weighted by Gasteiger charge is 2.26. The van der Waals surface area contributed by atoms with Crippen LogP contribution in [0.1, 0.15) is 35.9 Å². The van der Waals surface area contributed by atoms with Gasteiger partial charge < -0.3 is 9.80 Å². The van der Waals surface area contributed by atoms with Crippen LogP contribution in [0.3, 0.4) is 0 Å². The molecule has 0 atom stereocenters. The van der Waals surface area contributed by atoms with Gasteiger partial charge in [0.25, 0.3) is 5.91 Å². The quantitative estimate of drug-likeness (QED) is 0.475. The molecule has 7 nitrogen and oxygen atoms in total. The number of rotatable bonds is 4. The molecule has 0 saturated carbocycles. The fourth-order valence-corrected chi connectivity index (χ4v) is 4.09. The van der Waals surface area contributed by atoms with Gasteiger partial charge in [-0.25, -0.2) is 19.0 Å². The largest absolute Gasteiger partial charge is 0.352 e. The minimum absolute atomic E-state index is 0.151. The van der Waals surface area contributed by atoms with Gasteiger partial charge in [-0.1, -0.05) is 38.1 Å². The number of carbonyl (C=O) groups is 1. The number of carbonyl (C=O) groups excluding carboxylic acids is 1. The standard InChI is InChI=1S/C25H25FN6O/c1-17(2)22-28-23(21-16-27-32(24(21)29-22)20-9-4-3-5-10-20)30-11-13-31(14-12-30)25(33)18-7-6-8-19(26)15-18/h3-10,15-17H,11-14H2,1-2H3. The van der Waals surface area contributed by atoms with Gasteiger partial charge in [0.1, 0.15) is 17.5 Å². The van der Waals surface area contributed by atoms with E-state index in [0.717, 1.165) is 28.4 Å². The molecule has 1 amide bonds. The zero-order valence-corrected chi connectivity index (χ0v) is 18.6. The number of nitrogens with zero attached hydrogens (tertiary/aromatic N) is 6. The average Bonchev–Trinajstić information content (AvgIpc) is 3.28. The normalized spacial score (nSPS) is 14.3. The summed E-state index contributed by atoms with van der Waals surface area (Å²) >= 11 is 0. The molecule has 4 aromatic rings. The van der Waals surface area contributed by atoms with Crippen molar-refractivity contribution in [3.63, 3.8) is 0 Å². The lowest BCUT2D eigenvalue weighted by atomic mass is 10.1. The van der Waals surface area contributed by atoms with E-state index in [2.05, 4.69) is 23.8 Å². The summed E-state index contributed by atoms with van der Waals surface area (Å²) in [6.07, 6.45) is 1.81. The monoisotopic (exact) mass is 444 g/mol. The molecular formula is C25H25FN6O. The topological polar surface area (TPSA) is 67.2 Å². The van der Waals surface area contributed by atoms with Crippen LogP contribution in [0.5, 0.6) is 0 Å². The maximum absolute atomic E-state index is 13.6. The second-order valence-electron chi connectivity index (χ2n) is 8.48. The third-order valence-electron chi connectivity index (χ3n) is 5.88. The lowest BCUT2D eigenvalue weighted by Crippen LogP contribution is -2.49. The average molecular weight is 445 g/mol. The number of amides is 1. The van der Waals surface area contributed by atoms with Crippen LogP contribution in [0.2, 0.25) is 0 Å². The van der Waals surface area contributed by atoms with Crippen LogP contribution in [0.15, 0.2) is 60.8 Å². The maximum Gasteiger partial charge on any atom is 0.254 e. The van der Waals surface area contributed by atoms with Gasteiger partial charge in [0, 0.05) is 37.7 Å². The van der Waals surface area contributed by atoms with Gasteiger partial charge in [0.05, 0.1) is 17.3 Å². The molecule has 0 aliphatic carbocycles. The molecule has 2 aromatic carbocycles. The highest BCUT2D eigenvalue weighted by atomic mass is 19.1. The van der Waals surface area contributed by atoms with E-state index >= 15 is 0 Å². The van der Waals surface area contributed by atoms with Crippen LogP contribution in [0.25, 0.3) is 16.7 Å². The van der Waals surface area contributed by atoms with Gasteiger partial charge in [0.15, 0.2) is 5.65 Å². The van der Waals surface area contributed by atoms with E-state index in [1.54, 1.807) is 17.0 Å². The predicted molar refractivity (Wildman–Crippen MR) is 125 cm³/mol. The lowest BCUT2D eigenvalue weighted by Gasteiger charge is -2.35. The Balaban J connectivity index is 1.44. The minimum atomic E-state index is -0.403. The maximum atomic E-state index is 13.6. The Bertz CT molecular complexity index is 1300. The van der Waals surface area contributed by atoms with E-state index in [4.69, 9.17) is 9.97 Å². The molecule has 33 heavy (non-hydrogen) atoms. The summed E-state index contributed by atoms with van der Waals surface area (Å²) in [6.45, 7) is 6.46. The number of halogens is 1. The van der Waals surface area contributed by atoms with Crippen molar-refractivity contribution in [1.82, 2.24) is 24.6 Å². The molecule has 0 radical (unpaired) electrons. The van der Waals surface area contributed by atoms with E-state index in [-0.39, 0.29) is 11.8 Å². The summed E-state index contributed by atoms with van der Waals surface area (Å²) in [5.74, 6) is 1.20. The summed E-state index contributed by atoms with van der Waals surface area (Å²) in [5, 5.41) is 5.48. The Morgan fingerprint density at radius 3 is 2.42 bits per heavy atom. The number of hydrogen-bond donors (Lipinski definition) is 0. The molecule has 1 saturated heterocycles. The zero-order valence-electron chi connectivity index (χ0n) is 18.6. The van der Waals surface area contributed by atoms with Crippen LogP contribution in [-0.4, -0.2) is 56.7 Å². The van der Waals surface area contributed by atoms with Crippen molar-refractivity contribution in [2.45, 2.75) is 19.8 Å². The molecule has 0 N–H and O–H groups in total. The molecule has 1 aliphatic heterocycles. The predicted octanol–water partition coefficient (Wildman–Crippen LogP) is 4.04. The van der Waals surface area contributed by atoms with E-state index in [1.165, 1.54) is 12.1 Å². The van der Waals surface area contributed by atoms with Gasteiger partial charge in [-0.2, -0.15) is 5.10 Å². The Labute approximate surface area is 191 Å². The van der Waals surface area contributed by atoms with E-state index in [1.807, 2.05) is 41.2 Å². The summed E-state index contributed by atoms with van der Waals surface area (Å²) in [6, 6.07) is 15.8. The lowest BCUT2D eigenvalue weighted by molar-refractivity contribution is 0.0746. The summed E-state index contributed by atoms with van der Waals surface area (Å²) in [4.78, 5) is 26.5. The van der Waals surface area contributed by atoms with Crippen molar-refractivity contribution < 1.29 is 9.18 Å². The van der Waals surface area contributed by atoms with Crippen LogP contribution >= 0.6 is 0 Å². The van der Waals surface area contributed by atoms with Crippen molar-refractivity contribution >= 4 is 22.8 Å². The van der Waals surface area contributed by atoms with Crippen LogP contribution < -0.4 is 4.90 Å². The fraction of sp³-hybridized carbons (Fsp3) is 0.280. The number of fused-ring (bicyclic) bond motifs is 1. The van der Waals surface area contributed by atoms with Crippen molar-refractivity contribution in [2.24, 2.45) is 0 Å². The fourth-order valence-electron chi connectivity index (χ4n) is 4.09. The molecule has 8 heteroatoms. The zero-order chi connectivity index (χ0) is 22.9. The molecule has 1 fully saturated rings. The SMILES string of the molecule is CC(C)c1nc(N2CCN(C(=O)c3cccc(F)c3)CC2)c2cnn(-c3ccccc3)c2n1. The first-order valence-corrected chi connectivity index (χ1v) is 11.1. The van der Waals surface area contributed by atoms with E-state index in [9.17, 15) is 9.18 Å². The molecular weight excluding hydrogens is 419 g/mol. The molecule has 0 spiro atoms. The first kappa shape index (κ1) is 21.1. The molecule has 1 aliphatic rings. The highest BCUT2D eigenvalue weighted by molar-refractivity contribution is 5.94. The van der Waals surface area contributed by atoms with E-state index < -0.39 is 5.82 Å². The van der Waals surface area contributed by atoms with Gasteiger partial charge >= 0.3 is 0 Å². The second-order valence-corrected chi connectivity index (χ2v) is 8.48. The third kappa shape index (κ3) is 4.04. The third-order valence-corrected chi connectivity index (χ3v) is 5.88. The Hall–Kier alpha value is -3.81. The highest BCUT2D eigenvalue weighted by Crippen LogP contribution is 2.28. The number of para-hydroxylation sites is 1. The molecule has 5 rings (SSSR count). The Morgan fingerprint density at radius 2 is 1.73 bits per heavy atom. The number of piperazine rings is 1. The Kier molecular flexibility index (Phi) is 5.50. The van der Waals surface area contributed by atoms with Gasteiger partial charge in [0.2, 0.25) is 0 Å². The number of hydrogen-bond acceptors (Lipinski definition) is 5. The van der Waals surface area contributed by atoms with Crippen molar-refractivity contribution in [3.8, 4) is 5.69 Å². The number of benzene rings is 2. The molecule has 0 bridgehead atoms. The second kappa shape index (κ2) is 8.61. The summed E-state index contributed by atoms with van der Waals surface area (Å²) in [5.41, 5.74) is 2.09. The minimum Gasteiger partial charge on any atom is -0.352 e. The van der Waals surface area contributed by atoms with Crippen molar-refractivity contribution in [3.05, 3.63) is 78.0 Å². The van der Waals surface area contributed by atoms with E-state index in [0.29, 0.717) is 31.7 Å². The number of anilines is 1. The first-order valence-electron chi connectivity index (χ1n) is 11.1. The molecule has 168 valence electrons. The summed E-state index contributed by atoms with van der Waals surface area (Å²) in [7, 11) is 0. The van der Waals surface area contributed by atoms with Crippen LogP contribution in [0, 0.1) is 5.82 Å². The van der Waals surface area contributed by atoms with Crippen LogP contribution in [-0.2, 0) is 0 Å². The van der Waals surface area contributed by atoms with Gasteiger partial charge in [-0.15, -0.1) is 0 Å². The molecule has 0 unspecified atom stereocenters. The Morgan fingerprint density at radius 1 is 0.970 bits per heavy atom. The molecule has 3 heterocycles. The first-order chi connectivity index (χ1) is 16.0. The van der Waals surface area contributed by atoms with Gasteiger partial charge in [-0.3, -0.25) is 4.79 Å². The van der Waals surface area contributed by atoms with Crippen LogP contribution in [0.4, 0.5) is 10.2 Å².